The van der Waals surface area contributed by atoms with Crippen LogP contribution in [0.4, 0.5) is 0 Å². The van der Waals surface area contributed by atoms with Gasteiger partial charge in [0.2, 0.25) is 0 Å². The topological polar surface area (TPSA) is 67.4 Å². The van der Waals surface area contributed by atoms with E-state index in [4.69, 9.17) is 4.74 Å². The molecule has 0 saturated carbocycles. The number of hydrogen-bond acceptors (Lipinski definition) is 3. The molecule has 0 heterocycles. The Morgan fingerprint density at radius 3 is 2.23 bits per heavy atom. The molecule has 2 aromatic rings. The van der Waals surface area contributed by atoms with Crippen LogP contribution >= 0.6 is 31.9 Å². The van der Waals surface area contributed by atoms with E-state index in [0.717, 1.165) is 4.47 Å². The number of benzene rings is 2. The van der Waals surface area contributed by atoms with Crippen molar-refractivity contribution in [2.45, 2.75) is 0 Å². The van der Waals surface area contributed by atoms with Crippen molar-refractivity contribution in [1.29, 1.82) is 0 Å². The van der Waals surface area contributed by atoms with Crippen LogP contribution in [0.2, 0.25) is 0 Å². The maximum Gasteiger partial charge on any atom is 0.273 e. The predicted octanol–water partition coefficient (Wildman–Crippen LogP) is 3.30. The first-order valence-electron chi connectivity index (χ1n) is 6.21. The van der Waals surface area contributed by atoms with Gasteiger partial charge in [-0.25, -0.2) is 0 Å². The monoisotopic (exact) mass is 426 g/mol. The van der Waals surface area contributed by atoms with E-state index in [0.29, 0.717) is 21.3 Å². The molecular formula is C15H12Br2N2O3. The van der Waals surface area contributed by atoms with E-state index >= 15 is 0 Å². The van der Waals surface area contributed by atoms with Gasteiger partial charge >= 0.3 is 0 Å². The van der Waals surface area contributed by atoms with E-state index in [1.54, 1.807) is 42.5 Å². The van der Waals surface area contributed by atoms with Gasteiger partial charge in [-0.15, -0.1) is 0 Å². The minimum atomic E-state index is -0.474. The van der Waals surface area contributed by atoms with Crippen LogP contribution in [0.15, 0.2) is 51.4 Å². The lowest BCUT2D eigenvalue weighted by Crippen LogP contribution is -2.41. The quantitative estimate of drug-likeness (QED) is 0.738. The van der Waals surface area contributed by atoms with Crippen molar-refractivity contribution < 1.29 is 14.3 Å². The Kier molecular flexibility index (Phi) is 5.57. The molecule has 2 rings (SSSR count). The molecule has 0 atom stereocenters. The molecule has 114 valence electrons. The normalized spacial score (nSPS) is 9.95. The molecule has 5 nitrogen and oxygen atoms in total. The van der Waals surface area contributed by atoms with Crippen molar-refractivity contribution in [1.82, 2.24) is 10.9 Å². The number of rotatable bonds is 3. The van der Waals surface area contributed by atoms with Gasteiger partial charge < -0.3 is 4.74 Å². The first-order chi connectivity index (χ1) is 10.5. The number of carbonyl (C=O) groups excluding carboxylic acids is 2. The van der Waals surface area contributed by atoms with E-state index in [2.05, 4.69) is 42.7 Å². The second-order valence-electron chi connectivity index (χ2n) is 4.23. The second-order valence-corrected chi connectivity index (χ2v) is 6.00. The van der Waals surface area contributed by atoms with Crippen molar-refractivity contribution in [3.8, 4) is 5.75 Å². The molecule has 2 amide bonds. The van der Waals surface area contributed by atoms with Crippen LogP contribution in [-0.2, 0) is 0 Å². The van der Waals surface area contributed by atoms with Crippen molar-refractivity contribution in [2.24, 2.45) is 0 Å². The first kappa shape index (κ1) is 16.5. The van der Waals surface area contributed by atoms with Gasteiger partial charge in [0.15, 0.2) is 0 Å². The number of hydrazine groups is 1. The lowest BCUT2D eigenvalue weighted by molar-refractivity contribution is 0.0844. The standard InChI is InChI=1S/C15H12Br2N2O3/c1-22-13-7-6-9(16)8-11(13)15(21)19-18-14(20)10-4-2-3-5-12(10)17/h2-8H,1H3,(H,18,20)(H,19,21). The minimum Gasteiger partial charge on any atom is -0.496 e. The predicted molar refractivity (Wildman–Crippen MR) is 89.8 cm³/mol. The Hall–Kier alpha value is -1.86. The second kappa shape index (κ2) is 7.42. The Bertz CT molecular complexity index is 720. The Labute approximate surface area is 144 Å². The molecule has 0 saturated heterocycles. The highest BCUT2D eigenvalue weighted by molar-refractivity contribution is 9.10. The summed E-state index contributed by atoms with van der Waals surface area (Å²) in [6, 6.07) is 12.0. The molecule has 22 heavy (non-hydrogen) atoms. The van der Waals surface area contributed by atoms with Crippen molar-refractivity contribution in [3.05, 3.63) is 62.5 Å². The van der Waals surface area contributed by atoms with Gasteiger partial charge in [-0.3, -0.25) is 20.4 Å². The number of amides is 2. The van der Waals surface area contributed by atoms with Gasteiger partial charge in [-0.1, -0.05) is 28.1 Å². The Morgan fingerprint density at radius 2 is 1.59 bits per heavy atom. The molecule has 0 aliphatic carbocycles. The van der Waals surface area contributed by atoms with Gasteiger partial charge in [0.25, 0.3) is 11.8 Å². The number of carbonyl (C=O) groups is 2. The molecule has 2 aromatic carbocycles. The van der Waals surface area contributed by atoms with Crippen molar-refractivity contribution >= 4 is 43.7 Å². The fraction of sp³-hybridized carbons (Fsp3) is 0.0667. The summed E-state index contributed by atoms with van der Waals surface area (Å²) in [7, 11) is 1.47. The molecule has 7 heteroatoms. The summed E-state index contributed by atoms with van der Waals surface area (Å²) in [6.07, 6.45) is 0. The van der Waals surface area contributed by atoms with Crippen molar-refractivity contribution in [2.75, 3.05) is 7.11 Å². The lowest BCUT2D eigenvalue weighted by Gasteiger charge is -2.11. The van der Waals surface area contributed by atoms with Crippen LogP contribution in [-0.4, -0.2) is 18.9 Å². The third-order valence-electron chi connectivity index (χ3n) is 2.81. The van der Waals surface area contributed by atoms with Gasteiger partial charge in [0.05, 0.1) is 18.2 Å². The van der Waals surface area contributed by atoms with Gasteiger partial charge in [-0.2, -0.15) is 0 Å². The summed E-state index contributed by atoms with van der Waals surface area (Å²) in [4.78, 5) is 24.2. The van der Waals surface area contributed by atoms with Crippen LogP contribution in [0.3, 0.4) is 0 Å². The number of halogens is 2. The van der Waals surface area contributed by atoms with E-state index in [-0.39, 0.29) is 0 Å². The zero-order chi connectivity index (χ0) is 16.1. The van der Waals surface area contributed by atoms with Crippen LogP contribution in [0.25, 0.3) is 0 Å². The summed E-state index contributed by atoms with van der Waals surface area (Å²) in [5.74, 6) is -0.482. The average molecular weight is 428 g/mol. The third kappa shape index (κ3) is 3.86. The summed E-state index contributed by atoms with van der Waals surface area (Å²) in [5.41, 5.74) is 5.47. The average Bonchev–Trinajstić information content (AvgIpc) is 2.52. The highest BCUT2D eigenvalue weighted by Gasteiger charge is 2.15. The fourth-order valence-corrected chi connectivity index (χ4v) is 2.58. The maximum absolute atomic E-state index is 12.2. The molecule has 0 fully saturated rings. The highest BCUT2D eigenvalue weighted by atomic mass is 79.9. The largest absolute Gasteiger partial charge is 0.496 e. The smallest absolute Gasteiger partial charge is 0.273 e. The molecule has 0 spiro atoms. The van der Waals surface area contributed by atoms with E-state index < -0.39 is 11.8 Å². The number of ether oxygens (including phenoxy) is 1. The summed E-state index contributed by atoms with van der Waals surface area (Å²) >= 11 is 6.57. The number of nitrogens with one attached hydrogen (secondary N) is 2. The number of hydrogen-bond donors (Lipinski definition) is 2. The first-order valence-corrected chi connectivity index (χ1v) is 7.80. The van der Waals surface area contributed by atoms with Gasteiger partial charge in [0.1, 0.15) is 5.75 Å². The maximum atomic E-state index is 12.2. The van der Waals surface area contributed by atoms with Gasteiger partial charge in [0, 0.05) is 8.95 Å². The minimum absolute atomic E-state index is 0.310. The van der Waals surface area contributed by atoms with Crippen LogP contribution in [0.1, 0.15) is 20.7 Å². The molecular weight excluding hydrogens is 416 g/mol. The SMILES string of the molecule is COc1ccc(Br)cc1C(=O)NNC(=O)c1ccccc1Br. The number of methoxy groups -OCH3 is 1. The fourth-order valence-electron chi connectivity index (χ4n) is 1.75. The molecule has 0 bridgehead atoms. The Balaban J connectivity index is 2.09. The van der Waals surface area contributed by atoms with E-state index in [1.165, 1.54) is 7.11 Å². The lowest BCUT2D eigenvalue weighted by atomic mass is 10.2. The third-order valence-corrected chi connectivity index (χ3v) is 4.00. The van der Waals surface area contributed by atoms with Crippen LogP contribution < -0.4 is 15.6 Å². The molecule has 0 aromatic heterocycles. The van der Waals surface area contributed by atoms with E-state index in [1.807, 2.05) is 0 Å². The van der Waals surface area contributed by atoms with Gasteiger partial charge in [-0.05, 0) is 46.3 Å². The highest BCUT2D eigenvalue weighted by Crippen LogP contribution is 2.22. The zero-order valence-corrected chi connectivity index (χ0v) is 14.7. The summed E-state index contributed by atoms with van der Waals surface area (Å²) in [5, 5.41) is 0. The Morgan fingerprint density at radius 1 is 0.955 bits per heavy atom. The molecule has 0 aliphatic heterocycles. The van der Waals surface area contributed by atoms with E-state index in [9.17, 15) is 9.59 Å². The molecule has 0 unspecified atom stereocenters. The van der Waals surface area contributed by atoms with Crippen molar-refractivity contribution in [3.63, 3.8) is 0 Å². The van der Waals surface area contributed by atoms with Crippen LogP contribution in [0, 0.1) is 0 Å². The molecule has 0 aliphatic rings. The zero-order valence-electron chi connectivity index (χ0n) is 11.5. The van der Waals surface area contributed by atoms with Crippen LogP contribution in [0.5, 0.6) is 5.75 Å². The molecule has 0 radical (unpaired) electrons. The summed E-state index contributed by atoms with van der Waals surface area (Å²) < 4.78 is 6.50. The summed E-state index contributed by atoms with van der Waals surface area (Å²) in [6.45, 7) is 0. The molecule has 2 N–H and O–H groups in total.